The van der Waals surface area contributed by atoms with Crippen molar-refractivity contribution in [3.63, 3.8) is 0 Å². The molecular formula is C42H26Br2+2. The summed E-state index contributed by atoms with van der Waals surface area (Å²) in [7, 11) is 0. The van der Waals surface area contributed by atoms with Gasteiger partial charge in [-0.3, -0.25) is 0 Å². The zero-order valence-corrected chi connectivity index (χ0v) is 26.9. The van der Waals surface area contributed by atoms with Crippen molar-refractivity contribution in [1.29, 1.82) is 0 Å². The molecular weight excluding hydrogens is 664 g/mol. The number of hydrogen-bond donors (Lipinski definition) is 0. The van der Waals surface area contributed by atoms with Crippen LogP contribution in [0.4, 0.5) is 0 Å². The number of benzene rings is 8. The molecule has 8 aromatic carbocycles. The van der Waals surface area contributed by atoms with Crippen molar-refractivity contribution in [3.8, 4) is 0 Å². The Kier molecular flexibility index (Phi) is 6.90. The highest BCUT2D eigenvalue weighted by molar-refractivity contribution is 9.11. The standard InChI is InChI=1S/C42H26Br2/c43-37-25-35(39(27-13-5-1-6-14-27)28-15-7-2-8-16-28)31-21-22-32-36(26-38(44)34-24-23-33(37)41(31)42(32)34)40(29-17-9-3-10-18-29)30-19-11-4-12-20-30/h1-26H/q+2. The highest BCUT2D eigenvalue weighted by Crippen LogP contribution is 2.48. The average molecular weight is 690 g/mol. The van der Waals surface area contributed by atoms with E-state index in [0.29, 0.717) is 0 Å². The molecule has 0 aliphatic carbocycles. The Morgan fingerprint density at radius 1 is 0.318 bits per heavy atom. The summed E-state index contributed by atoms with van der Waals surface area (Å²) in [4.78, 5) is 0. The normalized spacial score (nSPS) is 11.4. The van der Waals surface area contributed by atoms with Crippen LogP contribution in [-0.2, 0) is 0 Å². The van der Waals surface area contributed by atoms with E-state index in [1.165, 1.54) is 77.5 Å². The summed E-state index contributed by atoms with van der Waals surface area (Å²) < 4.78 is 2.19. The van der Waals surface area contributed by atoms with Gasteiger partial charge in [0.05, 0.1) is 54.2 Å². The second-order valence-corrected chi connectivity index (χ2v) is 12.8. The first-order valence-corrected chi connectivity index (χ1v) is 16.3. The van der Waals surface area contributed by atoms with Crippen LogP contribution in [0.5, 0.6) is 0 Å². The quantitative estimate of drug-likeness (QED) is 0.0926. The van der Waals surface area contributed by atoms with Gasteiger partial charge >= 0.3 is 0 Å². The van der Waals surface area contributed by atoms with Crippen LogP contribution >= 0.6 is 31.9 Å². The summed E-state index contributed by atoms with van der Waals surface area (Å²) in [6, 6.07) is 56.8. The van der Waals surface area contributed by atoms with E-state index in [-0.39, 0.29) is 0 Å². The summed E-state index contributed by atoms with van der Waals surface area (Å²) in [5, 5.41) is 7.47. The van der Waals surface area contributed by atoms with E-state index in [9.17, 15) is 0 Å². The molecule has 0 aliphatic heterocycles. The number of hydrogen-bond acceptors (Lipinski definition) is 0. The molecule has 0 nitrogen and oxygen atoms in total. The van der Waals surface area contributed by atoms with E-state index in [0.717, 1.165) is 8.95 Å². The molecule has 0 heterocycles. The van der Waals surface area contributed by atoms with E-state index in [4.69, 9.17) is 0 Å². The van der Waals surface area contributed by atoms with Gasteiger partial charge in [0.25, 0.3) is 0 Å². The molecule has 0 bridgehead atoms. The molecule has 206 valence electrons. The van der Waals surface area contributed by atoms with Crippen LogP contribution in [-0.4, -0.2) is 0 Å². The lowest BCUT2D eigenvalue weighted by Gasteiger charge is -2.21. The van der Waals surface area contributed by atoms with Crippen LogP contribution in [0.3, 0.4) is 0 Å². The summed E-state index contributed by atoms with van der Waals surface area (Å²) in [6.45, 7) is 0. The Morgan fingerprint density at radius 2 is 0.591 bits per heavy atom. The van der Waals surface area contributed by atoms with Crippen molar-refractivity contribution in [2.45, 2.75) is 0 Å². The minimum Gasteiger partial charge on any atom is -0.0515 e. The third-order valence-electron chi connectivity index (χ3n) is 8.59. The Labute approximate surface area is 274 Å². The second kappa shape index (κ2) is 11.2. The first-order chi connectivity index (χ1) is 21.7. The van der Waals surface area contributed by atoms with E-state index in [1.54, 1.807) is 0 Å². The zero-order valence-electron chi connectivity index (χ0n) is 23.8. The molecule has 0 N–H and O–H groups in total. The van der Waals surface area contributed by atoms with Crippen LogP contribution < -0.4 is 0 Å². The highest BCUT2D eigenvalue weighted by atomic mass is 79.9. The molecule has 0 aromatic heterocycles. The minimum absolute atomic E-state index is 1.09. The molecule has 0 fully saturated rings. The lowest BCUT2D eigenvalue weighted by Crippen LogP contribution is -2.07. The number of rotatable bonds is 6. The Hall–Kier alpha value is -4.50. The van der Waals surface area contributed by atoms with Crippen molar-refractivity contribution < 1.29 is 0 Å². The van der Waals surface area contributed by atoms with Gasteiger partial charge in [-0.05, 0) is 141 Å². The summed E-state index contributed by atoms with van der Waals surface area (Å²) in [6.07, 6.45) is 0. The maximum atomic E-state index is 4.01. The topological polar surface area (TPSA) is 0 Å². The van der Waals surface area contributed by atoms with Crippen molar-refractivity contribution in [3.05, 3.63) is 212 Å². The van der Waals surface area contributed by atoms with Gasteiger partial charge in [0.1, 0.15) is 0 Å². The lowest BCUT2D eigenvalue weighted by atomic mass is 9.78. The first kappa shape index (κ1) is 27.1. The predicted octanol–water partition coefficient (Wildman–Crippen LogP) is 12.1. The van der Waals surface area contributed by atoms with E-state index < -0.39 is 0 Å². The van der Waals surface area contributed by atoms with Crippen LogP contribution in [0.1, 0.15) is 33.4 Å². The first-order valence-electron chi connectivity index (χ1n) is 14.7. The molecule has 0 saturated heterocycles. The Balaban J connectivity index is 1.47. The second-order valence-electron chi connectivity index (χ2n) is 11.1. The van der Waals surface area contributed by atoms with Crippen LogP contribution in [0.15, 0.2) is 167 Å². The van der Waals surface area contributed by atoms with Gasteiger partial charge < -0.3 is 0 Å². The molecule has 0 radical (unpaired) electrons. The smallest absolute Gasteiger partial charge is 0.0515 e. The van der Waals surface area contributed by atoms with Gasteiger partial charge in [-0.25, -0.2) is 0 Å². The Morgan fingerprint density at radius 3 is 0.886 bits per heavy atom. The largest absolute Gasteiger partial charge is 0.0638 e. The molecule has 0 aliphatic rings. The summed E-state index contributed by atoms with van der Waals surface area (Å²) in [5.74, 6) is 2.45. The molecule has 0 atom stereocenters. The van der Waals surface area contributed by atoms with Crippen LogP contribution in [0, 0.1) is 11.8 Å². The molecule has 0 spiro atoms. The lowest BCUT2D eigenvalue weighted by molar-refractivity contribution is 1.24. The van der Waals surface area contributed by atoms with Gasteiger partial charge in [0.15, 0.2) is 0 Å². The molecule has 8 aromatic rings. The fourth-order valence-electron chi connectivity index (χ4n) is 6.70. The maximum Gasteiger partial charge on any atom is 0.0638 e. The maximum absolute atomic E-state index is 4.01. The SMILES string of the molecule is Brc1cc([C+](c2ccccc2)c2ccccc2)c2ccc3c([C+](c4ccccc4)c4ccccc4)cc(Br)c4ccc1c2c43. The fourth-order valence-corrected chi connectivity index (χ4v) is 7.81. The third kappa shape index (κ3) is 4.49. The average Bonchev–Trinajstić information content (AvgIpc) is 3.08. The molecule has 0 saturated carbocycles. The monoisotopic (exact) mass is 688 g/mol. The van der Waals surface area contributed by atoms with Gasteiger partial charge in [-0.15, -0.1) is 0 Å². The fraction of sp³-hybridized carbons (Fsp3) is 0. The minimum atomic E-state index is 1.09. The third-order valence-corrected chi connectivity index (χ3v) is 9.90. The van der Waals surface area contributed by atoms with Crippen LogP contribution in [0.2, 0.25) is 0 Å². The van der Waals surface area contributed by atoms with Crippen molar-refractivity contribution in [2.24, 2.45) is 0 Å². The van der Waals surface area contributed by atoms with Crippen molar-refractivity contribution in [2.75, 3.05) is 0 Å². The molecule has 8 rings (SSSR count). The van der Waals surface area contributed by atoms with Crippen molar-refractivity contribution in [1.82, 2.24) is 0 Å². The zero-order chi connectivity index (χ0) is 29.6. The molecule has 0 amide bonds. The summed E-state index contributed by atoms with van der Waals surface area (Å²) in [5.41, 5.74) is 7.23. The summed E-state index contributed by atoms with van der Waals surface area (Å²) >= 11 is 8.03. The van der Waals surface area contributed by atoms with Gasteiger partial charge in [0.2, 0.25) is 0 Å². The molecule has 0 unspecified atom stereocenters. The van der Waals surface area contributed by atoms with Crippen molar-refractivity contribution >= 4 is 64.2 Å². The van der Waals surface area contributed by atoms with E-state index in [2.05, 4.69) is 190 Å². The molecule has 2 heteroatoms. The number of halogens is 2. The predicted molar refractivity (Wildman–Crippen MR) is 192 cm³/mol. The van der Waals surface area contributed by atoms with E-state index >= 15 is 0 Å². The van der Waals surface area contributed by atoms with E-state index in [1.807, 2.05) is 0 Å². The Bertz CT molecular complexity index is 1980. The highest BCUT2D eigenvalue weighted by Gasteiger charge is 2.31. The molecule has 44 heavy (non-hydrogen) atoms. The van der Waals surface area contributed by atoms with Crippen LogP contribution in [0.25, 0.3) is 32.3 Å². The van der Waals surface area contributed by atoms with Gasteiger partial charge in [-0.2, -0.15) is 0 Å². The van der Waals surface area contributed by atoms with Gasteiger partial charge in [-0.1, -0.05) is 36.4 Å². The van der Waals surface area contributed by atoms with Gasteiger partial charge in [0, 0.05) is 44.5 Å².